The van der Waals surface area contributed by atoms with Crippen LogP contribution in [0.15, 0.2) is 12.2 Å². The van der Waals surface area contributed by atoms with Crippen molar-refractivity contribution in [1.29, 1.82) is 0 Å². The van der Waals surface area contributed by atoms with Crippen LogP contribution in [0.3, 0.4) is 0 Å². The highest BCUT2D eigenvalue weighted by molar-refractivity contribution is 6.44. The highest BCUT2D eigenvalue weighted by Gasteiger charge is 2.06. The minimum absolute atomic E-state index is 0.398. The van der Waals surface area contributed by atoms with Crippen molar-refractivity contribution in [2.24, 2.45) is 5.73 Å². The van der Waals surface area contributed by atoms with Crippen molar-refractivity contribution in [2.45, 2.75) is 33.7 Å². The number of carbonyl (C=O) groups excluding carboxylic acids is 1. The first-order chi connectivity index (χ1) is 6.99. The molecular formula is C10H23NO3Si. The van der Waals surface area contributed by atoms with Crippen LogP contribution < -0.4 is 5.73 Å². The standard InChI is InChI=1S/C6H16O2Si.C4H7NO/c1-4-7-9(6-3)8-5-2;1-3(2)4(5)6/h9H,4-6H2,1-3H3;1H2,2H3,(H2,5,6). The molecule has 1 amide bonds. The van der Waals surface area contributed by atoms with E-state index in [2.05, 4.69) is 13.5 Å². The van der Waals surface area contributed by atoms with E-state index in [1.165, 1.54) is 0 Å². The first-order valence-corrected chi connectivity index (χ1v) is 6.93. The van der Waals surface area contributed by atoms with Crippen LogP contribution in [0.2, 0.25) is 6.04 Å². The average molecular weight is 233 g/mol. The second kappa shape index (κ2) is 11.4. The van der Waals surface area contributed by atoms with Gasteiger partial charge in [-0.3, -0.25) is 4.79 Å². The summed E-state index contributed by atoms with van der Waals surface area (Å²) in [7, 11) is -1.21. The van der Waals surface area contributed by atoms with Crippen LogP contribution in [0.1, 0.15) is 27.7 Å². The van der Waals surface area contributed by atoms with Crippen LogP contribution in [0.5, 0.6) is 0 Å². The maximum atomic E-state index is 9.82. The number of hydrogen-bond donors (Lipinski definition) is 1. The van der Waals surface area contributed by atoms with E-state index < -0.39 is 15.2 Å². The molecule has 0 aliphatic rings. The number of hydrogen-bond acceptors (Lipinski definition) is 3. The van der Waals surface area contributed by atoms with Gasteiger partial charge in [-0.25, -0.2) is 0 Å². The van der Waals surface area contributed by atoms with E-state index in [1.54, 1.807) is 6.92 Å². The Morgan fingerprint density at radius 1 is 1.27 bits per heavy atom. The monoisotopic (exact) mass is 233 g/mol. The maximum absolute atomic E-state index is 9.82. The van der Waals surface area contributed by atoms with E-state index >= 15 is 0 Å². The predicted molar refractivity (Wildman–Crippen MR) is 64.9 cm³/mol. The molecule has 90 valence electrons. The van der Waals surface area contributed by atoms with E-state index in [1.807, 2.05) is 13.8 Å². The fourth-order valence-electron chi connectivity index (χ4n) is 0.656. The summed E-state index contributed by atoms with van der Waals surface area (Å²) in [6.07, 6.45) is 0. The van der Waals surface area contributed by atoms with E-state index in [0.717, 1.165) is 19.3 Å². The molecule has 5 heteroatoms. The zero-order valence-electron chi connectivity index (χ0n) is 10.2. The Morgan fingerprint density at radius 3 is 1.73 bits per heavy atom. The normalized spacial score (nSPS) is 9.40. The molecule has 0 spiro atoms. The Balaban J connectivity index is 0. The quantitative estimate of drug-likeness (QED) is 0.556. The summed E-state index contributed by atoms with van der Waals surface area (Å²) >= 11 is 0. The van der Waals surface area contributed by atoms with Gasteiger partial charge in [0.1, 0.15) is 0 Å². The molecule has 4 nitrogen and oxygen atoms in total. The van der Waals surface area contributed by atoms with Crippen molar-refractivity contribution >= 4 is 15.2 Å². The van der Waals surface area contributed by atoms with Crippen LogP contribution in [0.25, 0.3) is 0 Å². The number of rotatable bonds is 6. The third-order valence-corrected chi connectivity index (χ3v) is 3.54. The second-order valence-electron chi connectivity index (χ2n) is 2.89. The van der Waals surface area contributed by atoms with Gasteiger partial charge in [-0.15, -0.1) is 0 Å². The lowest BCUT2D eigenvalue weighted by Crippen LogP contribution is -2.21. The highest BCUT2D eigenvalue weighted by atomic mass is 28.3. The van der Waals surface area contributed by atoms with Crippen LogP contribution >= 0.6 is 0 Å². The lowest BCUT2D eigenvalue weighted by atomic mass is 10.3. The van der Waals surface area contributed by atoms with Crippen LogP contribution in [0.4, 0.5) is 0 Å². The van der Waals surface area contributed by atoms with E-state index in [0.29, 0.717) is 5.57 Å². The first kappa shape index (κ1) is 16.8. The minimum Gasteiger partial charge on any atom is -0.397 e. The maximum Gasteiger partial charge on any atom is 0.321 e. The summed E-state index contributed by atoms with van der Waals surface area (Å²) < 4.78 is 10.7. The second-order valence-corrected chi connectivity index (χ2v) is 5.24. The lowest BCUT2D eigenvalue weighted by Gasteiger charge is -2.11. The molecule has 0 fully saturated rings. The summed E-state index contributed by atoms with van der Waals surface area (Å²) in [4.78, 5) is 9.82. The molecule has 0 aliphatic heterocycles. The summed E-state index contributed by atoms with van der Waals surface area (Å²) in [5.74, 6) is -0.435. The molecule has 0 aromatic rings. The van der Waals surface area contributed by atoms with E-state index in [9.17, 15) is 4.79 Å². The van der Waals surface area contributed by atoms with E-state index in [4.69, 9.17) is 14.6 Å². The third kappa shape index (κ3) is 13.3. The van der Waals surface area contributed by atoms with Gasteiger partial charge in [-0.05, 0) is 26.8 Å². The van der Waals surface area contributed by atoms with Gasteiger partial charge >= 0.3 is 9.28 Å². The largest absolute Gasteiger partial charge is 0.397 e. The van der Waals surface area contributed by atoms with Gasteiger partial charge in [0.05, 0.1) is 0 Å². The molecule has 0 rings (SSSR count). The first-order valence-electron chi connectivity index (χ1n) is 5.17. The molecule has 0 saturated heterocycles. The van der Waals surface area contributed by atoms with Crippen molar-refractivity contribution in [1.82, 2.24) is 0 Å². The van der Waals surface area contributed by atoms with Gasteiger partial charge in [0.15, 0.2) is 0 Å². The van der Waals surface area contributed by atoms with Gasteiger partial charge in [0.25, 0.3) is 0 Å². The number of carbonyl (C=O) groups is 1. The lowest BCUT2D eigenvalue weighted by molar-refractivity contribution is -0.114. The Labute approximate surface area is 94.3 Å². The van der Waals surface area contributed by atoms with Gasteiger partial charge in [-0.1, -0.05) is 13.5 Å². The van der Waals surface area contributed by atoms with Crippen molar-refractivity contribution < 1.29 is 13.6 Å². The molecule has 0 aromatic heterocycles. The van der Waals surface area contributed by atoms with Crippen molar-refractivity contribution in [2.75, 3.05) is 13.2 Å². The van der Waals surface area contributed by atoms with Crippen LogP contribution in [-0.2, 0) is 13.6 Å². The topological polar surface area (TPSA) is 61.6 Å². The van der Waals surface area contributed by atoms with Crippen LogP contribution in [0, 0.1) is 0 Å². The summed E-state index contributed by atoms with van der Waals surface area (Å²) in [5, 5.41) is 0. The van der Waals surface area contributed by atoms with E-state index in [-0.39, 0.29) is 0 Å². The molecule has 0 unspecified atom stereocenters. The van der Waals surface area contributed by atoms with Gasteiger partial charge in [-0.2, -0.15) is 0 Å². The zero-order valence-corrected chi connectivity index (χ0v) is 11.4. The Kier molecular flexibility index (Phi) is 12.8. The molecule has 15 heavy (non-hydrogen) atoms. The number of primary amides is 1. The molecule has 0 atom stereocenters. The minimum atomic E-state index is -1.21. The molecule has 0 aromatic carbocycles. The predicted octanol–water partition coefficient (Wildman–Crippen LogP) is 1.35. The third-order valence-electron chi connectivity index (χ3n) is 1.46. The molecule has 0 heterocycles. The zero-order chi connectivity index (χ0) is 12.3. The van der Waals surface area contributed by atoms with Gasteiger partial charge in [0.2, 0.25) is 5.91 Å². The molecule has 0 aliphatic carbocycles. The molecule has 0 saturated carbocycles. The Bertz CT molecular complexity index is 168. The Morgan fingerprint density at radius 2 is 1.60 bits per heavy atom. The smallest absolute Gasteiger partial charge is 0.321 e. The summed E-state index contributed by atoms with van der Waals surface area (Å²) in [6.45, 7) is 12.6. The Hall–Kier alpha value is -0.653. The van der Waals surface area contributed by atoms with Crippen molar-refractivity contribution in [3.63, 3.8) is 0 Å². The molecule has 0 radical (unpaired) electrons. The molecular weight excluding hydrogens is 210 g/mol. The van der Waals surface area contributed by atoms with Crippen molar-refractivity contribution in [3.05, 3.63) is 12.2 Å². The summed E-state index contributed by atoms with van der Waals surface area (Å²) in [5.41, 5.74) is 5.09. The number of nitrogens with two attached hydrogens (primary N) is 1. The fourth-order valence-corrected chi connectivity index (χ4v) is 1.97. The number of amides is 1. The van der Waals surface area contributed by atoms with Crippen LogP contribution in [-0.4, -0.2) is 28.4 Å². The average Bonchev–Trinajstić information content (AvgIpc) is 2.18. The SMILES string of the molecule is C=C(C)C(N)=O.CCO[SiH](CC)OCC. The molecule has 0 bridgehead atoms. The van der Waals surface area contributed by atoms with Crippen molar-refractivity contribution in [3.8, 4) is 0 Å². The fraction of sp³-hybridized carbons (Fsp3) is 0.700. The summed E-state index contributed by atoms with van der Waals surface area (Å²) in [6, 6.07) is 1.07. The van der Waals surface area contributed by atoms with Gasteiger partial charge in [0, 0.05) is 18.8 Å². The van der Waals surface area contributed by atoms with Gasteiger partial charge < -0.3 is 14.6 Å². The highest BCUT2D eigenvalue weighted by Crippen LogP contribution is 1.94. The molecule has 2 N–H and O–H groups in total.